The van der Waals surface area contributed by atoms with Crippen molar-refractivity contribution in [3.8, 4) is 5.75 Å². The molecule has 1 heterocycles. The fourth-order valence-corrected chi connectivity index (χ4v) is 4.65. The predicted octanol–water partition coefficient (Wildman–Crippen LogP) is 5.64. The van der Waals surface area contributed by atoms with Crippen molar-refractivity contribution in [2.45, 2.75) is 53.0 Å². The minimum Gasteiger partial charge on any atom is -0.494 e. The number of amides is 1. The number of Topliss-reactive ketones (excluding diaryl/α,β-unsaturated/α-hetero) is 1. The highest BCUT2D eigenvalue weighted by atomic mass is 16.5. The lowest BCUT2D eigenvalue weighted by Gasteiger charge is -2.36. The molecule has 31 heavy (non-hydrogen) atoms. The third-order valence-corrected chi connectivity index (χ3v) is 5.89. The first-order valence-corrected chi connectivity index (χ1v) is 11.0. The number of anilines is 2. The Hall–Kier alpha value is -3.08. The van der Waals surface area contributed by atoms with Gasteiger partial charge in [0.05, 0.1) is 24.0 Å². The van der Waals surface area contributed by atoms with Gasteiger partial charge in [0.25, 0.3) is 0 Å². The van der Waals surface area contributed by atoms with Crippen LogP contribution < -0.4 is 15.0 Å². The van der Waals surface area contributed by atoms with Crippen LogP contribution in [0.2, 0.25) is 0 Å². The topological polar surface area (TPSA) is 58.6 Å². The van der Waals surface area contributed by atoms with Crippen LogP contribution in [0.25, 0.3) is 0 Å². The summed E-state index contributed by atoms with van der Waals surface area (Å²) in [5, 5.41) is 3.51. The van der Waals surface area contributed by atoms with Crippen molar-refractivity contribution in [1.82, 2.24) is 0 Å². The maximum absolute atomic E-state index is 13.5. The summed E-state index contributed by atoms with van der Waals surface area (Å²) in [6, 6.07) is 15.0. The van der Waals surface area contributed by atoms with Gasteiger partial charge in [-0.3, -0.25) is 14.5 Å². The average molecular weight is 419 g/mol. The summed E-state index contributed by atoms with van der Waals surface area (Å²) in [4.78, 5) is 28.2. The number of carbonyl (C=O) groups is 2. The van der Waals surface area contributed by atoms with E-state index in [0.29, 0.717) is 18.6 Å². The van der Waals surface area contributed by atoms with Gasteiger partial charge in [-0.25, -0.2) is 0 Å². The fraction of sp³-hybridized carbons (Fsp3) is 0.385. The first kappa shape index (κ1) is 21.2. The molecule has 2 aromatic carbocycles. The molecule has 1 aliphatic heterocycles. The van der Waals surface area contributed by atoms with Gasteiger partial charge in [-0.05, 0) is 48.1 Å². The van der Waals surface area contributed by atoms with Gasteiger partial charge in [-0.1, -0.05) is 45.0 Å². The number of rotatable bonds is 4. The van der Waals surface area contributed by atoms with Crippen LogP contribution in [-0.2, 0) is 9.59 Å². The molecule has 2 aliphatic rings. The molecule has 162 valence electrons. The monoisotopic (exact) mass is 418 g/mol. The molecule has 2 aromatic rings. The SMILES string of the molecule is CCCOc1cccc([C@H]2C3=C(CC(C)(C)CC3=O)Nc3ccccc3N2C(C)=O)c1. The average Bonchev–Trinajstić information content (AvgIpc) is 2.85. The van der Waals surface area contributed by atoms with E-state index in [0.717, 1.165) is 41.2 Å². The summed E-state index contributed by atoms with van der Waals surface area (Å²) in [5.41, 5.74) is 3.94. The highest BCUT2D eigenvalue weighted by molar-refractivity contribution is 6.05. The maximum atomic E-state index is 13.5. The maximum Gasteiger partial charge on any atom is 0.224 e. The molecule has 5 nitrogen and oxygen atoms in total. The van der Waals surface area contributed by atoms with E-state index in [1.54, 1.807) is 11.8 Å². The van der Waals surface area contributed by atoms with Crippen LogP contribution >= 0.6 is 0 Å². The number of nitrogens with one attached hydrogen (secondary N) is 1. The molecular weight excluding hydrogens is 388 g/mol. The van der Waals surface area contributed by atoms with Gasteiger partial charge in [0.2, 0.25) is 5.91 Å². The van der Waals surface area contributed by atoms with Gasteiger partial charge in [0, 0.05) is 24.6 Å². The Kier molecular flexibility index (Phi) is 5.61. The molecular formula is C26H30N2O3. The van der Waals surface area contributed by atoms with Crippen molar-refractivity contribution in [3.63, 3.8) is 0 Å². The highest BCUT2D eigenvalue weighted by Gasteiger charge is 2.42. The van der Waals surface area contributed by atoms with Crippen LogP contribution in [0.5, 0.6) is 5.75 Å². The second-order valence-electron chi connectivity index (χ2n) is 9.19. The van der Waals surface area contributed by atoms with Crippen molar-refractivity contribution in [2.75, 3.05) is 16.8 Å². The summed E-state index contributed by atoms with van der Waals surface area (Å²) in [6.45, 7) is 8.48. The molecule has 0 saturated heterocycles. The molecule has 0 radical (unpaired) electrons. The summed E-state index contributed by atoms with van der Waals surface area (Å²) in [5.74, 6) is 0.729. The Bertz CT molecular complexity index is 1050. The lowest BCUT2D eigenvalue weighted by atomic mass is 9.73. The lowest BCUT2D eigenvalue weighted by molar-refractivity contribution is -0.118. The summed E-state index contributed by atoms with van der Waals surface area (Å²) in [6.07, 6.45) is 2.11. The number of hydrogen-bond donors (Lipinski definition) is 1. The number of ketones is 1. The van der Waals surface area contributed by atoms with Gasteiger partial charge < -0.3 is 10.1 Å². The lowest BCUT2D eigenvalue weighted by Crippen LogP contribution is -2.38. The first-order valence-electron chi connectivity index (χ1n) is 11.0. The zero-order valence-corrected chi connectivity index (χ0v) is 18.7. The second-order valence-corrected chi connectivity index (χ2v) is 9.19. The zero-order valence-electron chi connectivity index (χ0n) is 18.7. The van der Waals surface area contributed by atoms with Gasteiger partial charge >= 0.3 is 0 Å². The Labute approximate surface area is 184 Å². The third kappa shape index (κ3) is 4.09. The normalized spacial score (nSPS) is 19.8. The van der Waals surface area contributed by atoms with Crippen LogP contribution in [0.1, 0.15) is 58.6 Å². The van der Waals surface area contributed by atoms with E-state index >= 15 is 0 Å². The molecule has 1 amide bonds. The van der Waals surface area contributed by atoms with E-state index in [9.17, 15) is 9.59 Å². The van der Waals surface area contributed by atoms with E-state index in [4.69, 9.17) is 4.74 Å². The first-order chi connectivity index (χ1) is 14.8. The molecule has 0 aromatic heterocycles. The number of allylic oxidation sites excluding steroid dienone is 1. The zero-order chi connectivity index (χ0) is 22.2. The van der Waals surface area contributed by atoms with Crippen molar-refractivity contribution in [1.29, 1.82) is 0 Å². The van der Waals surface area contributed by atoms with Crippen LogP contribution in [-0.4, -0.2) is 18.3 Å². The molecule has 1 N–H and O–H groups in total. The van der Waals surface area contributed by atoms with E-state index in [1.807, 2.05) is 48.5 Å². The number of nitrogens with zero attached hydrogens (tertiary/aromatic N) is 1. The van der Waals surface area contributed by atoms with Crippen molar-refractivity contribution < 1.29 is 14.3 Å². The Morgan fingerprint density at radius 3 is 2.68 bits per heavy atom. The molecule has 4 rings (SSSR count). The van der Waals surface area contributed by atoms with Gasteiger partial charge in [-0.15, -0.1) is 0 Å². The van der Waals surface area contributed by atoms with Gasteiger partial charge in [-0.2, -0.15) is 0 Å². The molecule has 1 aliphatic carbocycles. The molecule has 1 atom stereocenters. The van der Waals surface area contributed by atoms with Crippen LogP contribution in [0.4, 0.5) is 11.4 Å². The third-order valence-electron chi connectivity index (χ3n) is 5.89. The standard InChI is InChI=1S/C26H30N2O3/c1-5-13-31-19-10-8-9-18(14-19)25-24-21(15-26(3,4)16-23(24)30)27-20-11-6-7-12-22(20)28(25)17(2)29/h6-12,14,25,27H,5,13,15-16H2,1-4H3/t25-/m0/s1. The minimum atomic E-state index is -0.502. The molecule has 0 saturated carbocycles. The van der Waals surface area contributed by atoms with Crippen LogP contribution in [0.15, 0.2) is 59.8 Å². The largest absolute Gasteiger partial charge is 0.494 e. The van der Waals surface area contributed by atoms with Crippen molar-refractivity contribution in [3.05, 3.63) is 65.4 Å². The minimum absolute atomic E-state index is 0.0858. The fourth-order valence-electron chi connectivity index (χ4n) is 4.65. The van der Waals surface area contributed by atoms with Crippen molar-refractivity contribution in [2.24, 2.45) is 5.41 Å². The Morgan fingerprint density at radius 2 is 1.94 bits per heavy atom. The number of ether oxygens (including phenoxy) is 1. The van der Waals surface area contributed by atoms with Crippen molar-refractivity contribution >= 4 is 23.1 Å². The van der Waals surface area contributed by atoms with E-state index in [2.05, 4.69) is 26.1 Å². The number of benzene rings is 2. The Balaban J connectivity index is 1.94. The predicted molar refractivity (Wildman–Crippen MR) is 123 cm³/mol. The smallest absolute Gasteiger partial charge is 0.224 e. The van der Waals surface area contributed by atoms with E-state index in [1.165, 1.54) is 0 Å². The number of fused-ring (bicyclic) bond motifs is 1. The van der Waals surface area contributed by atoms with Gasteiger partial charge in [0.1, 0.15) is 5.75 Å². The molecule has 0 fully saturated rings. The van der Waals surface area contributed by atoms with Crippen LogP contribution in [0.3, 0.4) is 0 Å². The quantitative estimate of drug-likeness (QED) is 0.698. The molecule has 0 bridgehead atoms. The number of para-hydroxylation sites is 2. The van der Waals surface area contributed by atoms with E-state index in [-0.39, 0.29) is 17.1 Å². The number of hydrogen-bond acceptors (Lipinski definition) is 4. The molecule has 5 heteroatoms. The highest BCUT2D eigenvalue weighted by Crippen LogP contribution is 2.48. The summed E-state index contributed by atoms with van der Waals surface area (Å²) in [7, 11) is 0. The molecule has 0 spiro atoms. The second kappa shape index (κ2) is 8.22. The van der Waals surface area contributed by atoms with Crippen LogP contribution in [0, 0.1) is 5.41 Å². The summed E-state index contributed by atoms with van der Waals surface area (Å²) >= 11 is 0. The van der Waals surface area contributed by atoms with Gasteiger partial charge in [0.15, 0.2) is 5.78 Å². The Morgan fingerprint density at radius 1 is 1.16 bits per heavy atom. The number of carbonyl (C=O) groups excluding carboxylic acids is 2. The molecule has 0 unspecified atom stereocenters. The van der Waals surface area contributed by atoms with E-state index < -0.39 is 6.04 Å². The summed E-state index contributed by atoms with van der Waals surface area (Å²) < 4.78 is 5.86.